The van der Waals surface area contributed by atoms with Crippen molar-refractivity contribution in [2.75, 3.05) is 17.1 Å². The highest BCUT2D eigenvalue weighted by atomic mass is 127. The SMILES string of the molecule is C/C(=N/NC(=O)CN(c1c(C)cccc1C)S(C)(=O)=O)c1ccc(I)cc1. The average Bonchev–Trinajstić information content (AvgIpc) is 2.58. The molecule has 0 heterocycles. The summed E-state index contributed by atoms with van der Waals surface area (Å²) in [6.07, 6.45) is 1.09. The van der Waals surface area contributed by atoms with Crippen LogP contribution in [0, 0.1) is 17.4 Å². The normalized spacial score (nSPS) is 12.0. The van der Waals surface area contributed by atoms with Gasteiger partial charge in [0.2, 0.25) is 10.0 Å². The highest BCUT2D eigenvalue weighted by Crippen LogP contribution is 2.26. The predicted molar refractivity (Wildman–Crippen MR) is 118 cm³/mol. The van der Waals surface area contributed by atoms with E-state index in [0.29, 0.717) is 11.4 Å². The number of sulfonamides is 1. The van der Waals surface area contributed by atoms with Gasteiger partial charge in [-0.15, -0.1) is 0 Å². The van der Waals surface area contributed by atoms with Crippen molar-refractivity contribution in [1.29, 1.82) is 0 Å². The second-order valence-corrected chi connectivity index (χ2v) is 9.40. The quantitative estimate of drug-likeness (QED) is 0.377. The Bertz CT molecular complexity index is 950. The van der Waals surface area contributed by atoms with Crippen LogP contribution >= 0.6 is 22.6 Å². The molecule has 0 bridgehead atoms. The molecule has 0 aliphatic rings. The predicted octanol–water partition coefficient (Wildman–Crippen LogP) is 3.21. The van der Waals surface area contributed by atoms with Crippen LogP contribution in [0.4, 0.5) is 5.69 Å². The Morgan fingerprint density at radius 1 is 1.11 bits per heavy atom. The smallest absolute Gasteiger partial charge is 0.260 e. The summed E-state index contributed by atoms with van der Waals surface area (Å²) >= 11 is 2.21. The van der Waals surface area contributed by atoms with Gasteiger partial charge in [0.25, 0.3) is 5.91 Å². The van der Waals surface area contributed by atoms with Crippen LogP contribution in [0.3, 0.4) is 0 Å². The fraction of sp³-hybridized carbons (Fsp3) is 0.263. The number of hydrogen-bond donors (Lipinski definition) is 1. The molecule has 0 atom stereocenters. The summed E-state index contributed by atoms with van der Waals surface area (Å²) in [6, 6.07) is 13.2. The molecule has 8 heteroatoms. The number of anilines is 1. The molecule has 2 aromatic rings. The molecule has 0 aliphatic heterocycles. The van der Waals surface area contributed by atoms with Crippen molar-refractivity contribution in [3.8, 4) is 0 Å². The summed E-state index contributed by atoms with van der Waals surface area (Å²) < 4.78 is 26.8. The zero-order valence-corrected chi connectivity index (χ0v) is 18.6. The lowest BCUT2D eigenvalue weighted by Gasteiger charge is -2.25. The van der Waals surface area contributed by atoms with E-state index in [0.717, 1.165) is 30.8 Å². The molecule has 2 rings (SSSR count). The summed E-state index contributed by atoms with van der Waals surface area (Å²) in [4.78, 5) is 12.4. The Hall–Kier alpha value is -1.94. The molecule has 0 aliphatic carbocycles. The first kappa shape index (κ1) is 21.4. The van der Waals surface area contributed by atoms with Gasteiger partial charge in [-0.2, -0.15) is 5.10 Å². The molecule has 144 valence electrons. The van der Waals surface area contributed by atoms with Gasteiger partial charge in [-0.1, -0.05) is 30.3 Å². The molecule has 6 nitrogen and oxygen atoms in total. The first-order valence-electron chi connectivity index (χ1n) is 8.22. The van der Waals surface area contributed by atoms with Gasteiger partial charge in [0.05, 0.1) is 17.7 Å². The number of benzene rings is 2. The van der Waals surface area contributed by atoms with Crippen molar-refractivity contribution in [2.45, 2.75) is 20.8 Å². The molecule has 27 heavy (non-hydrogen) atoms. The Morgan fingerprint density at radius 2 is 1.67 bits per heavy atom. The molecule has 1 N–H and O–H groups in total. The molecule has 0 aromatic heterocycles. The number of halogens is 1. The molecule has 1 amide bonds. The molecular weight excluding hydrogens is 477 g/mol. The van der Waals surface area contributed by atoms with Crippen LogP contribution in [0.1, 0.15) is 23.6 Å². The third-order valence-corrected chi connectivity index (χ3v) is 5.82. The number of aryl methyl sites for hydroxylation is 2. The van der Waals surface area contributed by atoms with E-state index in [1.807, 2.05) is 56.3 Å². The van der Waals surface area contributed by atoms with E-state index in [9.17, 15) is 13.2 Å². The third kappa shape index (κ3) is 5.77. The fourth-order valence-electron chi connectivity index (χ4n) is 2.63. The highest BCUT2D eigenvalue weighted by molar-refractivity contribution is 14.1. The van der Waals surface area contributed by atoms with E-state index >= 15 is 0 Å². The van der Waals surface area contributed by atoms with Crippen LogP contribution in [0.25, 0.3) is 0 Å². The van der Waals surface area contributed by atoms with Crippen LogP contribution in [0.15, 0.2) is 47.6 Å². The molecular formula is C19H22IN3O3S. The topological polar surface area (TPSA) is 78.8 Å². The van der Waals surface area contributed by atoms with Crippen LogP contribution in [0.5, 0.6) is 0 Å². The van der Waals surface area contributed by atoms with E-state index in [4.69, 9.17) is 0 Å². The third-order valence-electron chi connectivity index (χ3n) is 3.99. The van der Waals surface area contributed by atoms with Gasteiger partial charge in [-0.25, -0.2) is 13.8 Å². The number of rotatable bonds is 6. The molecule has 0 saturated heterocycles. The minimum Gasteiger partial charge on any atom is -0.271 e. The summed E-state index contributed by atoms with van der Waals surface area (Å²) in [7, 11) is -3.63. The molecule has 2 aromatic carbocycles. The van der Waals surface area contributed by atoms with Crippen LogP contribution < -0.4 is 9.73 Å². The summed E-state index contributed by atoms with van der Waals surface area (Å²) in [5.41, 5.74) is 6.05. The number of carbonyl (C=O) groups is 1. The Kier molecular flexibility index (Phi) is 6.99. The van der Waals surface area contributed by atoms with Gasteiger partial charge >= 0.3 is 0 Å². The van der Waals surface area contributed by atoms with Gasteiger partial charge in [0, 0.05) is 3.57 Å². The maximum atomic E-state index is 12.4. The maximum Gasteiger partial charge on any atom is 0.260 e. The minimum atomic E-state index is -3.63. The number of hydrazone groups is 1. The van der Waals surface area contributed by atoms with Crippen LogP contribution in [0.2, 0.25) is 0 Å². The monoisotopic (exact) mass is 499 g/mol. The Morgan fingerprint density at radius 3 is 2.19 bits per heavy atom. The number of amides is 1. The summed E-state index contributed by atoms with van der Waals surface area (Å²) in [5, 5.41) is 4.09. The van der Waals surface area contributed by atoms with Crippen molar-refractivity contribution in [3.05, 3.63) is 62.7 Å². The van der Waals surface area contributed by atoms with Crippen LogP contribution in [-0.2, 0) is 14.8 Å². The zero-order chi connectivity index (χ0) is 20.2. The van der Waals surface area contributed by atoms with Crippen molar-refractivity contribution >= 4 is 49.9 Å². The number of hydrogen-bond acceptors (Lipinski definition) is 4. The lowest BCUT2D eigenvalue weighted by atomic mass is 10.1. The van der Waals surface area contributed by atoms with Gasteiger partial charge in [-0.05, 0) is 72.2 Å². The lowest BCUT2D eigenvalue weighted by molar-refractivity contribution is -0.119. The van der Waals surface area contributed by atoms with Gasteiger partial charge in [0.15, 0.2) is 0 Å². The Balaban J connectivity index is 2.20. The number of nitrogens with one attached hydrogen (secondary N) is 1. The standard InChI is InChI=1S/C19H22IN3O3S/c1-13-6-5-7-14(2)19(13)23(27(4,25)26)12-18(24)22-21-15(3)16-8-10-17(20)11-9-16/h5-11H,12H2,1-4H3,(H,22,24)/b21-15-. The largest absolute Gasteiger partial charge is 0.271 e. The van der Waals surface area contributed by atoms with Gasteiger partial charge < -0.3 is 0 Å². The number of carbonyl (C=O) groups excluding carboxylic acids is 1. The van der Waals surface area contributed by atoms with E-state index in [2.05, 4.69) is 33.1 Å². The highest BCUT2D eigenvalue weighted by Gasteiger charge is 2.23. The van der Waals surface area contributed by atoms with E-state index in [1.54, 1.807) is 6.92 Å². The van der Waals surface area contributed by atoms with Gasteiger partial charge in [0.1, 0.15) is 6.54 Å². The second kappa shape index (κ2) is 8.83. The van der Waals surface area contributed by atoms with E-state index < -0.39 is 15.9 Å². The molecule has 0 fully saturated rings. The average molecular weight is 499 g/mol. The molecule has 0 radical (unpaired) electrons. The van der Waals surface area contributed by atoms with Crippen molar-refractivity contribution in [3.63, 3.8) is 0 Å². The van der Waals surface area contributed by atoms with E-state index in [-0.39, 0.29) is 6.54 Å². The fourth-order valence-corrected chi connectivity index (χ4v) is 3.96. The maximum absolute atomic E-state index is 12.4. The van der Waals surface area contributed by atoms with Crippen molar-refractivity contribution in [1.82, 2.24) is 5.43 Å². The van der Waals surface area contributed by atoms with Crippen molar-refractivity contribution in [2.24, 2.45) is 5.10 Å². The van der Waals surface area contributed by atoms with Crippen molar-refractivity contribution < 1.29 is 13.2 Å². The summed E-state index contributed by atoms with van der Waals surface area (Å²) in [6.45, 7) is 5.07. The first-order chi connectivity index (χ1) is 12.6. The van der Waals surface area contributed by atoms with Gasteiger partial charge in [-0.3, -0.25) is 9.10 Å². The summed E-state index contributed by atoms with van der Waals surface area (Å²) in [5.74, 6) is -0.507. The molecule has 0 saturated carbocycles. The van der Waals surface area contributed by atoms with E-state index in [1.165, 1.54) is 0 Å². The lowest BCUT2D eigenvalue weighted by Crippen LogP contribution is -2.40. The minimum absolute atomic E-state index is 0.339. The number of nitrogens with zero attached hydrogens (tertiary/aromatic N) is 2. The van der Waals surface area contributed by atoms with Crippen LogP contribution in [-0.4, -0.2) is 32.8 Å². The molecule has 0 spiro atoms. The Labute approximate surface area is 173 Å². The number of para-hydroxylation sites is 1. The first-order valence-corrected chi connectivity index (χ1v) is 11.2. The molecule has 0 unspecified atom stereocenters. The second-order valence-electron chi connectivity index (χ2n) is 6.25. The zero-order valence-electron chi connectivity index (χ0n) is 15.7.